The van der Waals surface area contributed by atoms with Gasteiger partial charge in [-0.3, -0.25) is 9.89 Å². The number of halogens is 2. The van der Waals surface area contributed by atoms with E-state index in [1.165, 1.54) is 12.1 Å². The van der Waals surface area contributed by atoms with E-state index in [-0.39, 0.29) is 4.70 Å². The fourth-order valence-corrected chi connectivity index (χ4v) is 4.27. The molecule has 166 valence electrons. The largest absolute Gasteiger partial charge is 0.445 e. The standard InChI is InChI=1S/C22H24F2N7O/c23-18-4-5-20(19(24)15-18)29-11-9-28(10-12-29)7-2-8-30(22-3-1-14-32-22)31-13-6-25-16-21(31)26-17-27-31/h1,3-6,13-17H,2,7-12H2/q+1. The highest BCUT2D eigenvalue weighted by atomic mass is 19.1. The first-order valence-corrected chi connectivity index (χ1v) is 10.6. The Bertz CT molecular complexity index is 1070. The summed E-state index contributed by atoms with van der Waals surface area (Å²) >= 11 is 0. The molecule has 1 aromatic heterocycles. The first-order chi connectivity index (χ1) is 15.7. The van der Waals surface area contributed by atoms with Gasteiger partial charge in [0.05, 0.1) is 24.7 Å². The molecular formula is C22H24F2N7O+. The highest BCUT2D eigenvalue weighted by molar-refractivity contribution is 6.29. The smallest absolute Gasteiger partial charge is 0.305 e. The zero-order chi connectivity index (χ0) is 22.0. The van der Waals surface area contributed by atoms with Crippen LogP contribution in [0.2, 0.25) is 0 Å². The highest BCUT2D eigenvalue weighted by Crippen LogP contribution is 2.29. The number of rotatable bonds is 7. The average Bonchev–Trinajstić information content (AvgIpc) is 3.48. The van der Waals surface area contributed by atoms with Crippen molar-refractivity contribution in [3.63, 3.8) is 0 Å². The van der Waals surface area contributed by atoms with Crippen LogP contribution in [0.1, 0.15) is 6.42 Å². The van der Waals surface area contributed by atoms with Gasteiger partial charge in [0.25, 0.3) is 0 Å². The van der Waals surface area contributed by atoms with Crippen molar-refractivity contribution in [1.82, 2.24) is 4.90 Å². The lowest BCUT2D eigenvalue weighted by molar-refractivity contribution is -0.801. The third kappa shape index (κ3) is 3.82. The molecule has 0 amide bonds. The van der Waals surface area contributed by atoms with Crippen molar-refractivity contribution in [2.24, 2.45) is 15.1 Å². The number of hydrogen-bond acceptors (Lipinski definition) is 7. The van der Waals surface area contributed by atoms with Gasteiger partial charge in [-0.25, -0.2) is 8.78 Å². The summed E-state index contributed by atoms with van der Waals surface area (Å²) in [7, 11) is 0. The van der Waals surface area contributed by atoms with Crippen LogP contribution in [0.4, 0.5) is 20.4 Å². The van der Waals surface area contributed by atoms with E-state index in [0.29, 0.717) is 37.0 Å². The lowest BCUT2D eigenvalue weighted by Crippen LogP contribution is -2.57. The van der Waals surface area contributed by atoms with Gasteiger partial charge in [-0.2, -0.15) is 10.0 Å². The predicted molar refractivity (Wildman–Crippen MR) is 120 cm³/mol. The number of hydrogen-bond donors (Lipinski definition) is 0. The average molecular weight is 440 g/mol. The molecule has 0 spiro atoms. The van der Waals surface area contributed by atoms with Gasteiger partial charge in [0, 0.05) is 44.9 Å². The van der Waals surface area contributed by atoms with Crippen LogP contribution in [-0.2, 0) is 0 Å². The first-order valence-electron chi connectivity index (χ1n) is 10.6. The second kappa shape index (κ2) is 8.64. The maximum absolute atomic E-state index is 14.1. The Morgan fingerprint density at radius 1 is 1.12 bits per heavy atom. The van der Waals surface area contributed by atoms with E-state index in [4.69, 9.17) is 4.42 Å². The molecule has 0 bridgehead atoms. The van der Waals surface area contributed by atoms with Gasteiger partial charge >= 0.3 is 5.84 Å². The first kappa shape index (κ1) is 20.5. The number of aliphatic imine (C=N–C) groups is 2. The molecule has 3 aliphatic heterocycles. The minimum Gasteiger partial charge on any atom is -0.445 e. The second-order valence-corrected chi connectivity index (χ2v) is 7.80. The molecule has 1 saturated heterocycles. The van der Waals surface area contributed by atoms with Crippen molar-refractivity contribution in [2.75, 3.05) is 49.2 Å². The molecule has 0 radical (unpaired) electrons. The van der Waals surface area contributed by atoms with Crippen molar-refractivity contribution in [1.29, 1.82) is 0 Å². The van der Waals surface area contributed by atoms with Crippen molar-refractivity contribution < 1.29 is 17.9 Å². The molecule has 0 N–H and O–H groups in total. The molecule has 1 unspecified atom stereocenters. The van der Waals surface area contributed by atoms with Gasteiger partial charge in [-0.15, -0.1) is 0 Å². The fraction of sp³-hybridized carbons (Fsp3) is 0.318. The lowest BCUT2D eigenvalue weighted by atomic mass is 10.2. The van der Waals surface area contributed by atoms with E-state index in [1.807, 2.05) is 28.2 Å². The Hall–Kier alpha value is -3.37. The maximum Gasteiger partial charge on any atom is 0.305 e. The number of nitrogens with zero attached hydrogens (tertiary/aromatic N) is 7. The van der Waals surface area contributed by atoms with E-state index in [0.717, 1.165) is 32.1 Å². The summed E-state index contributed by atoms with van der Waals surface area (Å²) in [5.74, 6) is 0.345. The van der Waals surface area contributed by atoms with Gasteiger partial charge in [0.2, 0.25) is 5.88 Å². The molecule has 3 aliphatic rings. The zero-order valence-corrected chi connectivity index (χ0v) is 17.5. The summed E-state index contributed by atoms with van der Waals surface area (Å²) in [4.78, 5) is 12.9. The summed E-state index contributed by atoms with van der Waals surface area (Å²) in [6.45, 7) is 4.60. The summed E-state index contributed by atoms with van der Waals surface area (Å²) in [5.41, 5.74) is 0.461. The molecule has 1 fully saturated rings. The highest BCUT2D eigenvalue weighted by Gasteiger charge is 2.45. The van der Waals surface area contributed by atoms with E-state index in [9.17, 15) is 8.78 Å². The zero-order valence-electron chi connectivity index (χ0n) is 17.5. The number of amidine groups is 1. The quantitative estimate of drug-likeness (QED) is 0.621. The topological polar surface area (TPSA) is 59.9 Å². The molecule has 4 heterocycles. The van der Waals surface area contributed by atoms with Crippen LogP contribution in [0.3, 0.4) is 0 Å². The second-order valence-electron chi connectivity index (χ2n) is 7.80. The number of benzene rings is 1. The molecule has 1 aromatic carbocycles. The minimum absolute atomic E-state index is 0.0780. The van der Waals surface area contributed by atoms with Crippen LogP contribution in [0.25, 0.3) is 0 Å². The molecule has 1 atom stereocenters. The fourth-order valence-electron chi connectivity index (χ4n) is 4.27. The summed E-state index contributed by atoms with van der Waals surface area (Å²) < 4.78 is 33.1. The number of anilines is 2. The van der Waals surface area contributed by atoms with Crippen molar-refractivity contribution >= 4 is 30.0 Å². The molecular weight excluding hydrogens is 416 g/mol. The van der Waals surface area contributed by atoms with Crippen LogP contribution in [0, 0.1) is 11.6 Å². The maximum atomic E-state index is 14.1. The Morgan fingerprint density at radius 2 is 2.00 bits per heavy atom. The predicted octanol–water partition coefficient (Wildman–Crippen LogP) is 3.22. The summed E-state index contributed by atoms with van der Waals surface area (Å²) in [6, 6.07) is 7.52. The normalized spacial score (nSPS) is 22.3. The molecule has 5 rings (SSSR count). The Kier molecular flexibility index (Phi) is 5.54. The SMILES string of the molecule is Fc1ccc(N2CCN(CCCN(c3ccco3)[N+]34C=CN=CC3=NC=N4)CC2)c(F)c1. The van der Waals surface area contributed by atoms with E-state index in [1.54, 1.807) is 25.0 Å². The van der Waals surface area contributed by atoms with Crippen LogP contribution >= 0.6 is 0 Å². The monoisotopic (exact) mass is 440 g/mol. The van der Waals surface area contributed by atoms with Gasteiger partial charge in [0.1, 0.15) is 17.8 Å². The molecule has 10 heteroatoms. The van der Waals surface area contributed by atoms with Crippen LogP contribution in [-0.4, -0.2) is 67.3 Å². The minimum atomic E-state index is -0.553. The molecule has 32 heavy (non-hydrogen) atoms. The van der Waals surface area contributed by atoms with E-state index < -0.39 is 11.6 Å². The van der Waals surface area contributed by atoms with E-state index >= 15 is 0 Å². The van der Waals surface area contributed by atoms with Gasteiger partial charge in [-0.1, -0.05) is 0 Å². The number of fused-ring (bicyclic) bond motifs is 1. The third-order valence-electron chi connectivity index (χ3n) is 5.90. The Labute approximate surface area is 184 Å². The number of piperazine rings is 1. The third-order valence-corrected chi connectivity index (χ3v) is 5.90. The number of furan rings is 1. The molecule has 0 saturated carbocycles. The van der Waals surface area contributed by atoms with Crippen molar-refractivity contribution in [3.05, 3.63) is 60.6 Å². The van der Waals surface area contributed by atoms with Crippen LogP contribution < -0.4 is 9.91 Å². The summed E-state index contributed by atoms with van der Waals surface area (Å²) in [5, 5.41) is 6.63. The van der Waals surface area contributed by atoms with Crippen molar-refractivity contribution in [2.45, 2.75) is 6.42 Å². The van der Waals surface area contributed by atoms with Gasteiger partial charge in [-0.05, 0) is 34.4 Å². The van der Waals surface area contributed by atoms with Crippen LogP contribution in [0.15, 0.2) is 68.5 Å². The number of quaternary nitrogens is 1. The van der Waals surface area contributed by atoms with Gasteiger partial charge < -0.3 is 9.32 Å². The molecule has 0 aliphatic carbocycles. The Morgan fingerprint density at radius 3 is 2.78 bits per heavy atom. The Balaban J connectivity index is 1.20. The molecule has 2 aromatic rings. The lowest BCUT2D eigenvalue weighted by Gasteiger charge is -2.37. The summed E-state index contributed by atoms with van der Waals surface area (Å²) in [6.07, 6.45) is 9.36. The van der Waals surface area contributed by atoms with Gasteiger partial charge in [0.15, 0.2) is 12.5 Å². The van der Waals surface area contributed by atoms with Crippen molar-refractivity contribution in [3.8, 4) is 0 Å². The molecule has 8 nitrogen and oxygen atoms in total. The van der Waals surface area contributed by atoms with Crippen LogP contribution in [0.5, 0.6) is 0 Å². The van der Waals surface area contributed by atoms with E-state index in [2.05, 4.69) is 20.0 Å².